The van der Waals surface area contributed by atoms with Crippen LogP contribution in [0.15, 0.2) is 71.0 Å². The Bertz CT molecular complexity index is 1130. The first kappa shape index (κ1) is 22.4. The van der Waals surface area contributed by atoms with Gasteiger partial charge in [0.25, 0.3) is 0 Å². The van der Waals surface area contributed by atoms with Crippen LogP contribution in [0.4, 0.5) is 5.95 Å². The molecule has 2 heterocycles. The van der Waals surface area contributed by atoms with E-state index < -0.39 is 12.0 Å². The topological polar surface area (TPSA) is 69.0 Å². The minimum Gasteiger partial charge on any atom is -0.457 e. The van der Waals surface area contributed by atoms with Crippen LogP contribution in [0.1, 0.15) is 43.9 Å². The number of halogens is 1. The van der Waals surface area contributed by atoms with Gasteiger partial charge in [0.15, 0.2) is 0 Å². The number of rotatable bonds is 8. The van der Waals surface area contributed by atoms with Gasteiger partial charge in [-0.25, -0.2) is 9.48 Å². The molecular weight excluding hydrogens is 444 g/mol. The SMILES string of the molecule is CCCCSc1nc2n(n1)C(c1cccc(Cl)c1)C(C(=O)OCc1ccccc1)=C(C)N2. The van der Waals surface area contributed by atoms with Crippen molar-refractivity contribution in [2.45, 2.75) is 44.5 Å². The number of unbranched alkanes of at least 4 members (excludes halogenated alkanes) is 1. The number of nitrogens with zero attached hydrogens (tertiary/aromatic N) is 3. The van der Waals surface area contributed by atoms with E-state index in [1.165, 1.54) is 0 Å². The molecule has 0 radical (unpaired) electrons. The molecule has 6 nitrogen and oxygen atoms in total. The molecule has 0 saturated heterocycles. The summed E-state index contributed by atoms with van der Waals surface area (Å²) in [4.78, 5) is 17.9. The van der Waals surface area contributed by atoms with Crippen molar-refractivity contribution in [3.8, 4) is 0 Å². The van der Waals surface area contributed by atoms with E-state index in [4.69, 9.17) is 21.4 Å². The van der Waals surface area contributed by atoms with Gasteiger partial charge in [-0.3, -0.25) is 0 Å². The predicted octanol–water partition coefficient (Wildman–Crippen LogP) is 5.86. The van der Waals surface area contributed by atoms with E-state index in [1.54, 1.807) is 16.4 Å². The molecule has 1 unspecified atom stereocenters. The van der Waals surface area contributed by atoms with Crippen molar-refractivity contribution < 1.29 is 9.53 Å². The predicted molar refractivity (Wildman–Crippen MR) is 128 cm³/mol. The maximum atomic E-state index is 13.3. The molecule has 0 amide bonds. The molecule has 1 atom stereocenters. The molecule has 166 valence electrons. The average Bonchev–Trinajstić information content (AvgIpc) is 3.19. The Balaban J connectivity index is 1.67. The summed E-state index contributed by atoms with van der Waals surface area (Å²) in [6.07, 6.45) is 2.20. The molecule has 3 aromatic rings. The summed E-state index contributed by atoms with van der Waals surface area (Å²) in [5.41, 5.74) is 2.96. The Hall–Kier alpha value is -2.77. The van der Waals surface area contributed by atoms with Gasteiger partial charge in [-0.1, -0.05) is 79.2 Å². The summed E-state index contributed by atoms with van der Waals surface area (Å²) in [7, 11) is 0. The van der Waals surface area contributed by atoms with Crippen LogP contribution >= 0.6 is 23.4 Å². The highest BCUT2D eigenvalue weighted by molar-refractivity contribution is 7.99. The molecule has 8 heteroatoms. The summed E-state index contributed by atoms with van der Waals surface area (Å²) in [6.45, 7) is 4.21. The molecule has 0 spiro atoms. The number of esters is 1. The van der Waals surface area contributed by atoms with E-state index in [9.17, 15) is 4.79 Å². The molecule has 0 aliphatic carbocycles. The minimum absolute atomic E-state index is 0.195. The number of carbonyl (C=O) groups is 1. The van der Waals surface area contributed by atoms with Crippen molar-refractivity contribution in [2.24, 2.45) is 0 Å². The average molecular weight is 469 g/mol. The maximum Gasteiger partial charge on any atom is 0.338 e. The Labute approximate surface area is 197 Å². The number of hydrogen-bond donors (Lipinski definition) is 1. The molecule has 1 aliphatic rings. The van der Waals surface area contributed by atoms with Crippen LogP contribution in [0.5, 0.6) is 0 Å². The molecule has 1 N–H and O–H groups in total. The van der Waals surface area contributed by atoms with Crippen LogP contribution in [-0.2, 0) is 16.1 Å². The third kappa shape index (κ3) is 5.00. The number of hydrogen-bond acceptors (Lipinski definition) is 6. The van der Waals surface area contributed by atoms with Crippen molar-refractivity contribution in [3.05, 3.63) is 82.0 Å². The van der Waals surface area contributed by atoms with E-state index >= 15 is 0 Å². The number of allylic oxidation sites excluding steroid dienone is 1. The van der Waals surface area contributed by atoms with Crippen molar-refractivity contribution in [2.75, 3.05) is 11.1 Å². The van der Waals surface area contributed by atoms with E-state index in [2.05, 4.69) is 17.2 Å². The monoisotopic (exact) mass is 468 g/mol. The highest BCUT2D eigenvalue weighted by Gasteiger charge is 2.35. The second-order valence-corrected chi connectivity index (χ2v) is 9.05. The lowest BCUT2D eigenvalue weighted by Crippen LogP contribution is -2.29. The first-order valence-corrected chi connectivity index (χ1v) is 12.0. The second kappa shape index (κ2) is 10.2. The van der Waals surface area contributed by atoms with E-state index in [1.807, 2.05) is 61.5 Å². The third-order valence-electron chi connectivity index (χ3n) is 5.16. The number of anilines is 1. The van der Waals surface area contributed by atoms with Gasteiger partial charge in [-0.15, -0.1) is 5.10 Å². The fourth-order valence-corrected chi connectivity index (χ4v) is 4.66. The van der Waals surface area contributed by atoms with Crippen LogP contribution in [0, 0.1) is 0 Å². The minimum atomic E-state index is -0.485. The highest BCUT2D eigenvalue weighted by atomic mass is 35.5. The molecule has 0 bridgehead atoms. The van der Waals surface area contributed by atoms with E-state index in [0.29, 0.717) is 27.4 Å². The van der Waals surface area contributed by atoms with Crippen molar-refractivity contribution in [1.29, 1.82) is 0 Å². The van der Waals surface area contributed by atoms with Gasteiger partial charge in [0.05, 0.1) is 5.57 Å². The first-order valence-electron chi connectivity index (χ1n) is 10.6. The smallest absolute Gasteiger partial charge is 0.338 e. The molecule has 32 heavy (non-hydrogen) atoms. The van der Waals surface area contributed by atoms with Crippen molar-refractivity contribution in [1.82, 2.24) is 14.8 Å². The normalized spacial score (nSPS) is 15.3. The summed E-state index contributed by atoms with van der Waals surface area (Å²) in [5.74, 6) is 1.15. The molecule has 0 saturated carbocycles. The van der Waals surface area contributed by atoms with E-state index in [0.717, 1.165) is 29.7 Å². The summed E-state index contributed by atoms with van der Waals surface area (Å²) in [5, 5.41) is 9.23. The van der Waals surface area contributed by atoms with E-state index in [-0.39, 0.29) is 6.61 Å². The maximum absolute atomic E-state index is 13.3. The molecule has 4 rings (SSSR count). The van der Waals surface area contributed by atoms with Gasteiger partial charge in [-0.05, 0) is 36.6 Å². The number of thioether (sulfide) groups is 1. The molecule has 0 fully saturated rings. The number of nitrogens with one attached hydrogen (secondary N) is 1. The lowest BCUT2D eigenvalue weighted by atomic mass is 9.96. The number of aromatic nitrogens is 3. The fraction of sp³-hybridized carbons (Fsp3) is 0.292. The Morgan fingerprint density at radius 2 is 2.03 bits per heavy atom. The van der Waals surface area contributed by atoms with Crippen LogP contribution in [0.3, 0.4) is 0 Å². The van der Waals surface area contributed by atoms with Gasteiger partial charge in [0, 0.05) is 16.5 Å². The Morgan fingerprint density at radius 3 is 2.78 bits per heavy atom. The number of benzene rings is 2. The highest BCUT2D eigenvalue weighted by Crippen LogP contribution is 2.37. The zero-order chi connectivity index (χ0) is 22.5. The number of ether oxygens (including phenoxy) is 1. The summed E-state index contributed by atoms with van der Waals surface area (Å²) < 4.78 is 7.44. The molecule has 1 aliphatic heterocycles. The van der Waals surface area contributed by atoms with Crippen LogP contribution < -0.4 is 5.32 Å². The third-order valence-corrected chi connectivity index (χ3v) is 6.32. The van der Waals surface area contributed by atoms with Gasteiger partial charge >= 0.3 is 5.97 Å². The number of carbonyl (C=O) groups excluding carboxylic acids is 1. The zero-order valence-corrected chi connectivity index (χ0v) is 19.6. The van der Waals surface area contributed by atoms with Crippen LogP contribution in [0.25, 0.3) is 0 Å². The summed E-state index contributed by atoms with van der Waals surface area (Å²) >= 11 is 7.90. The van der Waals surface area contributed by atoms with Crippen molar-refractivity contribution >= 4 is 35.3 Å². The van der Waals surface area contributed by atoms with Crippen LogP contribution in [0.2, 0.25) is 5.02 Å². The fourth-order valence-electron chi connectivity index (χ4n) is 3.55. The largest absolute Gasteiger partial charge is 0.457 e. The molecule has 1 aromatic heterocycles. The van der Waals surface area contributed by atoms with Crippen LogP contribution in [-0.4, -0.2) is 26.5 Å². The van der Waals surface area contributed by atoms with Gasteiger partial charge < -0.3 is 10.1 Å². The zero-order valence-electron chi connectivity index (χ0n) is 18.0. The number of fused-ring (bicyclic) bond motifs is 1. The van der Waals surface area contributed by atoms with Crippen molar-refractivity contribution in [3.63, 3.8) is 0 Å². The molecule has 2 aromatic carbocycles. The van der Waals surface area contributed by atoms with Gasteiger partial charge in [0.2, 0.25) is 11.1 Å². The van der Waals surface area contributed by atoms with Gasteiger partial charge in [-0.2, -0.15) is 4.98 Å². The Morgan fingerprint density at radius 1 is 1.22 bits per heavy atom. The quantitative estimate of drug-likeness (QED) is 0.254. The summed E-state index contributed by atoms with van der Waals surface area (Å²) in [6, 6.07) is 16.6. The lowest BCUT2D eigenvalue weighted by Gasteiger charge is -2.28. The first-order chi connectivity index (χ1) is 15.6. The standard InChI is InChI=1S/C24H25ClN4O2S/c1-3-4-13-32-24-27-23-26-16(2)20(22(30)31-15-17-9-6-5-7-10-17)21(29(23)28-24)18-11-8-12-19(25)14-18/h5-12,14,21H,3-4,13,15H2,1-2H3,(H,26,27,28). The second-order valence-electron chi connectivity index (χ2n) is 7.55. The Kier molecular flexibility index (Phi) is 7.17. The van der Waals surface area contributed by atoms with Gasteiger partial charge in [0.1, 0.15) is 12.6 Å². The molecular formula is C24H25ClN4O2S. The lowest BCUT2D eigenvalue weighted by molar-refractivity contribution is -0.140.